The third kappa shape index (κ3) is 3.22. The molecule has 0 aliphatic heterocycles. The van der Waals surface area contributed by atoms with Gasteiger partial charge in [-0.25, -0.2) is 9.37 Å². The minimum Gasteiger partial charge on any atom is -0.479 e. The van der Waals surface area contributed by atoms with Crippen molar-refractivity contribution >= 4 is 11.6 Å². The number of terminal acetylenes is 1. The molecule has 4 nitrogen and oxygen atoms in total. The van der Waals surface area contributed by atoms with E-state index in [9.17, 15) is 17.6 Å². The monoisotopic (exact) mass is 343 g/mol. The molecule has 0 fully saturated rings. The van der Waals surface area contributed by atoms with Crippen molar-refractivity contribution in [2.45, 2.75) is 6.18 Å². The van der Waals surface area contributed by atoms with Gasteiger partial charge >= 0.3 is 6.18 Å². The van der Waals surface area contributed by atoms with Crippen LogP contribution < -0.4 is 4.74 Å². The molecule has 0 radical (unpaired) electrons. The summed E-state index contributed by atoms with van der Waals surface area (Å²) in [6.07, 6.45) is 0.800. The van der Waals surface area contributed by atoms with Gasteiger partial charge in [-0.05, 0) is 6.07 Å². The van der Waals surface area contributed by atoms with Gasteiger partial charge in [0.2, 0.25) is 0 Å². The number of benzene rings is 1. The average Bonchev–Trinajstić information content (AvgIpc) is 2.90. The number of hydrogen-bond donors (Lipinski definition) is 0. The highest BCUT2D eigenvalue weighted by Gasteiger charge is 2.39. The number of ether oxygens (including phenoxy) is 1. The summed E-state index contributed by atoms with van der Waals surface area (Å²) >= 11 is 5.75. The molecule has 0 aliphatic carbocycles. The van der Waals surface area contributed by atoms with E-state index in [0.717, 1.165) is 12.1 Å². The topological polar surface area (TPSA) is 50.8 Å². The molecule has 0 aliphatic rings. The lowest BCUT2D eigenvalue weighted by Crippen LogP contribution is -2.14. The number of nitriles is 1. The van der Waals surface area contributed by atoms with Gasteiger partial charge < -0.3 is 4.74 Å². The maximum Gasteiger partial charge on any atom is 0.434 e. The van der Waals surface area contributed by atoms with E-state index >= 15 is 0 Å². The first-order valence-corrected chi connectivity index (χ1v) is 6.27. The van der Waals surface area contributed by atoms with Crippen LogP contribution in [0.25, 0.3) is 5.69 Å². The molecular weight excluding hydrogens is 338 g/mol. The van der Waals surface area contributed by atoms with Crippen molar-refractivity contribution in [2.75, 3.05) is 6.61 Å². The summed E-state index contributed by atoms with van der Waals surface area (Å²) in [5.74, 6) is 1.01. The number of imidazole rings is 1. The van der Waals surface area contributed by atoms with Gasteiger partial charge in [0.25, 0.3) is 0 Å². The number of halogens is 5. The fourth-order valence-corrected chi connectivity index (χ4v) is 2.02. The van der Waals surface area contributed by atoms with Gasteiger partial charge in [-0.15, -0.1) is 6.42 Å². The molecule has 0 saturated carbocycles. The molecule has 0 unspecified atom stereocenters. The summed E-state index contributed by atoms with van der Waals surface area (Å²) in [4.78, 5) is 3.34. The van der Waals surface area contributed by atoms with E-state index in [0.29, 0.717) is 10.9 Å². The van der Waals surface area contributed by atoms with Gasteiger partial charge in [0, 0.05) is 6.07 Å². The Labute approximate surface area is 132 Å². The van der Waals surface area contributed by atoms with Crippen LogP contribution in [0.4, 0.5) is 17.6 Å². The Bertz CT molecular complexity index is 830. The quantitative estimate of drug-likeness (QED) is 0.632. The zero-order valence-corrected chi connectivity index (χ0v) is 11.9. The van der Waals surface area contributed by atoms with Crippen molar-refractivity contribution in [1.29, 1.82) is 5.26 Å². The summed E-state index contributed by atoms with van der Waals surface area (Å²) in [5, 5.41) is 8.58. The van der Waals surface area contributed by atoms with Crippen LogP contribution in [0.3, 0.4) is 0 Å². The molecule has 2 rings (SSSR count). The van der Waals surface area contributed by atoms with Gasteiger partial charge in [0.05, 0.1) is 10.7 Å². The highest BCUT2D eigenvalue weighted by atomic mass is 35.5. The van der Waals surface area contributed by atoms with E-state index in [1.165, 1.54) is 6.07 Å². The van der Waals surface area contributed by atoms with E-state index in [-0.39, 0.29) is 17.4 Å². The highest BCUT2D eigenvalue weighted by molar-refractivity contribution is 6.32. The number of hydrogen-bond acceptors (Lipinski definition) is 3. The van der Waals surface area contributed by atoms with Crippen molar-refractivity contribution in [1.82, 2.24) is 9.55 Å². The maximum atomic E-state index is 14.0. The number of rotatable bonds is 3. The number of nitrogens with zero attached hydrogens (tertiary/aromatic N) is 3. The predicted molar refractivity (Wildman–Crippen MR) is 72.6 cm³/mol. The van der Waals surface area contributed by atoms with Crippen LogP contribution in [-0.4, -0.2) is 16.2 Å². The molecular formula is C14H6ClF4N3O. The third-order valence-electron chi connectivity index (χ3n) is 2.71. The zero-order valence-electron chi connectivity index (χ0n) is 11.2. The van der Waals surface area contributed by atoms with Crippen molar-refractivity contribution < 1.29 is 22.3 Å². The smallest absolute Gasteiger partial charge is 0.434 e. The SMILES string of the molecule is C#CCOc1cc(-n2cnc(C#N)c2C(F)(F)F)c(F)cc1Cl. The average molecular weight is 344 g/mol. The Balaban J connectivity index is 2.66. The summed E-state index contributed by atoms with van der Waals surface area (Å²) in [7, 11) is 0. The largest absolute Gasteiger partial charge is 0.479 e. The summed E-state index contributed by atoms with van der Waals surface area (Å²) in [6.45, 7) is -0.204. The molecule has 0 saturated heterocycles. The van der Waals surface area contributed by atoms with Gasteiger partial charge in [0.15, 0.2) is 11.4 Å². The molecule has 2 aromatic rings. The molecule has 1 aromatic heterocycles. The standard InChI is InChI=1S/C14H6ClF4N3O/c1-2-3-23-12-5-11(9(16)4-8(12)15)22-7-21-10(6-20)13(22)14(17,18)19/h1,4-5,7H,3H2. The van der Waals surface area contributed by atoms with E-state index in [1.807, 2.05) is 0 Å². The van der Waals surface area contributed by atoms with Crippen molar-refractivity contribution in [3.63, 3.8) is 0 Å². The molecule has 1 heterocycles. The number of alkyl halides is 3. The van der Waals surface area contributed by atoms with Crippen LogP contribution in [-0.2, 0) is 6.18 Å². The molecule has 0 atom stereocenters. The van der Waals surface area contributed by atoms with Crippen LogP contribution in [0.2, 0.25) is 5.02 Å². The van der Waals surface area contributed by atoms with Crippen LogP contribution in [0.1, 0.15) is 11.4 Å². The van der Waals surface area contributed by atoms with E-state index in [2.05, 4.69) is 10.9 Å². The van der Waals surface area contributed by atoms with Crippen LogP contribution in [0.5, 0.6) is 5.75 Å². The lowest BCUT2D eigenvalue weighted by molar-refractivity contribution is -0.142. The van der Waals surface area contributed by atoms with Gasteiger partial charge in [0.1, 0.15) is 30.6 Å². The van der Waals surface area contributed by atoms with Crippen LogP contribution in [0.15, 0.2) is 18.5 Å². The van der Waals surface area contributed by atoms with Crippen molar-refractivity contribution in [3.8, 4) is 29.8 Å². The fourth-order valence-electron chi connectivity index (χ4n) is 1.82. The molecule has 0 amide bonds. The lowest BCUT2D eigenvalue weighted by Gasteiger charge is -2.14. The molecule has 0 bridgehead atoms. The normalized spacial score (nSPS) is 10.9. The second-order valence-corrected chi connectivity index (χ2v) is 4.56. The van der Waals surface area contributed by atoms with Crippen molar-refractivity contribution in [2.24, 2.45) is 0 Å². The molecule has 9 heteroatoms. The van der Waals surface area contributed by atoms with E-state index in [4.69, 9.17) is 28.0 Å². The molecule has 0 spiro atoms. The highest BCUT2D eigenvalue weighted by Crippen LogP contribution is 2.36. The Morgan fingerprint density at radius 2 is 2.09 bits per heavy atom. The van der Waals surface area contributed by atoms with Crippen LogP contribution in [0, 0.1) is 29.5 Å². The molecule has 118 valence electrons. The second-order valence-electron chi connectivity index (χ2n) is 4.15. The fraction of sp³-hybridized carbons (Fsp3) is 0.143. The zero-order chi connectivity index (χ0) is 17.2. The lowest BCUT2D eigenvalue weighted by atomic mass is 10.2. The molecule has 1 aromatic carbocycles. The predicted octanol–water partition coefficient (Wildman–Crippen LogP) is 3.57. The maximum absolute atomic E-state index is 14.0. The van der Waals surface area contributed by atoms with Gasteiger partial charge in [-0.2, -0.15) is 18.4 Å². The minimum absolute atomic E-state index is 0.0960. The van der Waals surface area contributed by atoms with Crippen LogP contribution >= 0.6 is 11.6 Å². The van der Waals surface area contributed by atoms with E-state index in [1.54, 1.807) is 0 Å². The molecule has 23 heavy (non-hydrogen) atoms. The second kappa shape index (κ2) is 6.19. The first-order chi connectivity index (χ1) is 10.8. The van der Waals surface area contributed by atoms with Gasteiger partial charge in [-0.1, -0.05) is 17.5 Å². The summed E-state index contributed by atoms with van der Waals surface area (Å²) in [6, 6.07) is 3.05. The minimum atomic E-state index is -4.91. The van der Waals surface area contributed by atoms with E-state index < -0.39 is 29.1 Å². The Hall–Kier alpha value is -2.71. The number of aromatic nitrogens is 2. The Morgan fingerprint density at radius 3 is 2.65 bits per heavy atom. The van der Waals surface area contributed by atoms with Crippen molar-refractivity contribution in [3.05, 3.63) is 40.7 Å². The Kier molecular flexibility index (Phi) is 4.48. The first-order valence-electron chi connectivity index (χ1n) is 5.90. The first kappa shape index (κ1) is 16.7. The summed E-state index contributed by atoms with van der Waals surface area (Å²) in [5.41, 5.74) is -2.80. The Morgan fingerprint density at radius 1 is 1.39 bits per heavy atom. The molecule has 0 N–H and O–H groups in total. The third-order valence-corrected chi connectivity index (χ3v) is 3.01. The summed E-state index contributed by atoms with van der Waals surface area (Å²) < 4.78 is 58.8. The van der Waals surface area contributed by atoms with Gasteiger partial charge in [-0.3, -0.25) is 4.57 Å².